The molecule has 19 heavy (non-hydrogen) atoms. The van der Waals surface area contributed by atoms with E-state index in [1.807, 2.05) is 6.20 Å². The predicted molar refractivity (Wildman–Crippen MR) is 80.7 cm³/mol. The van der Waals surface area contributed by atoms with Gasteiger partial charge < -0.3 is 15.5 Å². The van der Waals surface area contributed by atoms with Crippen molar-refractivity contribution in [3.05, 3.63) is 23.4 Å². The lowest BCUT2D eigenvalue weighted by atomic mass is 10.0. The fourth-order valence-corrected chi connectivity index (χ4v) is 2.85. The van der Waals surface area contributed by atoms with Gasteiger partial charge in [0.2, 0.25) is 0 Å². The van der Waals surface area contributed by atoms with E-state index in [1.54, 1.807) is 0 Å². The van der Waals surface area contributed by atoms with Gasteiger partial charge in [0.05, 0.1) is 0 Å². The van der Waals surface area contributed by atoms with Crippen molar-refractivity contribution in [2.45, 2.75) is 32.2 Å². The molecule has 0 unspecified atom stereocenters. The van der Waals surface area contributed by atoms with Crippen molar-refractivity contribution in [1.29, 1.82) is 0 Å². The van der Waals surface area contributed by atoms with Crippen molar-refractivity contribution in [1.82, 2.24) is 9.88 Å². The molecule has 0 bridgehead atoms. The molecule has 0 atom stereocenters. The molecule has 0 saturated carbocycles. The van der Waals surface area contributed by atoms with Gasteiger partial charge in [-0.2, -0.15) is 0 Å². The molecule has 2 heterocycles. The highest BCUT2D eigenvalue weighted by Gasteiger charge is 2.22. The molecule has 106 valence electrons. The number of hydrogen-bond acceptors (Lipinski definition) is 4. The van der Waals surface area contributed by atoms with E-state index >= 15 is 0 Å². The van der Waals surface area contributed by atoms with E-state index in [1.165, 1.54) is 37.1 Å². The first kappa shape index (κ1) is 14.3. The molecule has 1 fully saturated rings. The Morgan fingerprint density at radius 1 is 1.42 bits per heavy atom. The zero-order valence-electron chi connectivity index (χ0n) is 12.4. The number of piperidine rings is 1. The summed E-state index contributed by atoms with van der Waals surface area (Å²) in [5.41, 5.74) is 8.09. The summed E-state index contributed by atoms with van der Waals surface area (Å²) >= 11 is 0. The summed E-state index contributed by atoms with van der Waals surface area (Å²) in [6, 6.07) is 2.84. The number of aryl methyl sites for hydroxylation is 1. The summed E-state index contributed by atoms with van der Waals surface area (Å²) in [6.45, 7) is 5.19. The van der Waals surface area contributed by atoms with Crippen molar-refractivity contribution >= 4 is 5.82 Å². The third-order valence-electron chi connectivity index (χ3n) is 4.11. The summed E-state index contributed by atoms with van der Waals surface area (Å²) in [7, 11) is 4.37. The minimum atomic E-state index is 0.614. The lowest BCUT2D eigenvalue weighted by Gasteiger charge is -2.36. The first-order chi connectivity index (χ1) is 9.11. The van der Waals surface area contributed by atoms with E-state index in [9.17, 15) is 0 Å². The van der Waals surface area contributed by atoms with Crippen LogP contribution in [0.15, 0.2) is 12.3 Å². The zero-order valence-corrected chi connectivity index (χ0v) is 12.4. The average molecular weight is 262 g/mol. The molecule has 1 aliphatic rings. The Morgan fingerprint density at radius 3 is 2.68 bits per heavy atom. The number of hydrogen-bond donors (Lipinski definition) is 1. The summed E-state index contributed by atoms with van der Waals surface area (Å²) in [6.07, 6.45) is 5.32. The van der Waals surface area contributed by atoms with E-state index < -0.39 is 0 Å². The highest BCUT2D eigenvalue weighted by molar-refractivity contribution is 5.47. The summed E-state index contributed by atoms with van der Waals surface area (Å²) in [4.78, 5) is 9.40. The number of likely N-dealkylation sites (tertiary alicyclic amines) is 1. The summed E-state index contributed by atoms with van der Waals surface area (Å²) in [5, 5.41) is 0. The highest BCUT2D eigenvalue weighted by atomic mass is 15.2. The van der Waals surface area contributed by atoms with Crippen molar-refractivity contribution in [2.75, 3.05) is 38.6 Å². The molecule has 1 aromatic heterocycles. The second-order valence-corrected chi connectivity index (χ2v) is 5.67. The van der Waals surface area contributed by atoms with Crippen molar-refractivity contribution in [3.8, 4) is 0 Å². The van der Waals surface area contributed by atoms with Gasteiger partial charge in [-0.25, -0.2) is 4.98 Å². The minimum Gasteiger partial charge on any atom is -0.356 e. The van der Waals surface area contributed by atoms with Crippen LogP contribution in [-0.2, 0) is 6.42 Å². The Labute approximate surface area is 116 Å². The molecule has 1 saturated heterocycles. The van der Waals surface area contributed by atoms with Crippen molar-refractivity contribution in [2.24, 2.45) is 5.73 Å². The van der Waals surface area contributed by atoms with E-state index in [2.05, 4.69) is 41.9 Å². The molecule has 0 aliphatic carbocycles. The van der Waals surface area contributed by atoms with E-state index in [0.717, 1.165) is 12.2 Å². The van der Waals surface area contributed by atoms with Crippen LogP contribution in [0.5, 0.6) is 0 Å². The van der Waals surface area contributed by atoms with Crippen LogP contribution in [0.1, 0.15) is 24.0 Å². The normalized spacial score (nSPS) is 17.7. The summed E-state index contributed by atoms with van der Waals surface area (Å²) in [5.74, 6) is 1.12. The topological polar surface area (TPSA) is 45.4 Å². The van der Waals surface area contributed by atoms with E-state index in [0.29, 0.717) is 12.6 Å². The average Bonchev–Trinajstić information content (AvgIpc) is 2.39. The number of anilines is 1. The fraction of sp³-hybridized carbons (Fsp3) is 0.667. The number of aromatic nitrogens is 1. The molecule has 4 nitrogen and oxygen atoms in total. The maximum atomic E-state index is 5.60. The largest absolute Gasteiger partial charge is 0.356 e. The van der Waals surface area contributed by atoms with Gasteiger partial charge in [0.25, 0.3) is 0 Å². The molecule has 0 amide bonds. The van der Waals surface area contributed by atoms with Gasteiger partial charge in [0.1, 0.15) is 5.82 Å². The van der Waals surface area contributed by atoms with Gasteiger partial charge in [0, 0.05) is 19.3 Å². The van der Waals surface area contributed by atoms with Crippen LogP contribution in [-0.4, -0.2) is 49.7 Å². The third-order valence-corrected chi connectivity index (χ3v) is 4.11. The molecular weight excluding hydrogens is 236 g/mol. The Morgan fingerprint density at radius 2 is 2.11 bits per heavy atom. The molecule has 4 heteroatoms. The lowest BCUT2D eigenvalue weighted by molar-refractivity contribution is 0.252. The number of pyridine rings is 1. The lowest BCUT2D eigenvalue weighted by Crippen LogP contribution is -2.42. The first-order valence-corrected chi connectivity index (χ1v) is 7.18. The van der Waals surface area contributed by atoms with Crippen LogP contribution in [0, 0.1) is 6.92 Å². The molecule has 2 rings (SSSR count). The van der Waals surface area contributed by atoms with Crippen LogP contribution >= 0.6 is 0 Å². The number of rotatable bonds is 4. The van der Waals surface area contributed by atoms with E-state index in [4.69, 9.17) is 5.73 Å². The van der Waals surface area contributed by atoms with E-state index in [-0.39, 0.29) is 0 Å². The van der Waals surface area contributed by atoms with Crippen LogP contribution < -0.4 is 10.6 Å². The van der Waals surface area contributed by atoms with Gasteiger partial charge in [-0.05, 0) is 64.0 Å². The van der Waals surface area contributed by atoms with Gasteiger partial charge in [0.15, 0.2) is 0 Å². The Bertz CT molecular complexity index is 411. The van der Waals surface area contributed by atoms with Gasteiger partial charge >= 0.3 is 0 Å². The SMILES string of the molecule is Cc1cc(CCN)cnc1N(C)C1CCN(C)CC1. The highest BCUT2D eigenvalue weighted by Crippen LogP contribution is 2.23. The minimum absolute atomic E-state index is 0.614. The molecular formula is C15H26N4. The standard InChI is InChI=1S/C15H26N4/c1-12-10-13(4-7-16)11-17-15(12)19(3)14-5-8-18(2)9-6-14/h10-11,14H,4-9,16H2,1-3H3. The van der Waals surface area contributed by atoms with Crippen LogP contribution in [0.4, 0.5) is 5.82 Å². The monoisotopic (exact) mass is 262 g/mol. The van der Waals surface area contributed by atoms with Crippen LogP contribution in [0.25, 0.3) is 0 Å². The Hall–Kier alpha value is -1.13. The summed E-state index contributed by atoms with van der Waals surface area (Å²) < 4.78 is 0. The maximum Gasteiger partial charge on any atom is 0.131 e. The Balaban J connectivity index is 2.08. The first-order valence-electron chi connectivity index (χ1n) is 7.18. The molecule has 0 aromatic carbocycles. The third kappa shape index (κ3) is 3.45. The van der Waals surface area contributed by atoms with Crippen molar-refractivity contribution in [3.63, 3.8) is 0 Å². The smallest absolute Gasteiger partial charge is 0.131 e. The van der Waals surface area contributed by atoms with Crippen LogP contribution in [0.2, 0.25) is 0 Å². The molecule has 1 aromatic rings. The van der Waals surface area contributed by atoms with Crippen LogP contribution in [0.3, 0.4) is 0 Å². The maximum absolute atomic E-state index is 5.60. The second kappa shape index (κ2) is 6.35. The molecule has 2 N–H and O–H groups in total. The Kier molecular flexibility index (Phi) is 4.77. The quantitative estimate of drug-likeness (QED) is 0.891. The molecule has 1 aliphatic heterocycles. The second-order valence-electron chi connectivity index (χ2n) is 5.67. The van der Waals surface area contributed by atoms with Gasteiger partial charge in [-0.3, -0.25) is 0 Å². The van der Waals surface area contributed by atoms with Gasteiger partial charge in [-0.1, -0.05) is 6.07 Å². The van der Waals surface area contributed by atoms with Crippen molar-refractivity contribution < 1.29 is 0 Å². The molecule has 0 radical (unpaired) electrons. The van der Waals surface area contributed by atoms with Gasteiger partial charge in [-0.15, -0.1) is 0 Å². The number of nitrogens with two attached hydrogens (primary N) is 1. The number of nitrogens with zero attached hydrogens (tertiary/aromatic N) is 3. The fourth-order valence-electron chi connectivity index (χ4n) is 2.85. The predicted octanol–water partition coefficient (Wildman–Crippen LogP) is 1.42. The zero-order chi connectivity index (χ0) is 13.8. The molecule has 0 spiro atoms.